The molecule has 1 aromatic carbocycles. The molecule has 1 aliphatic carbocycles. The number of hydrogen-bond donors (Lipinski definition) is 0. The molecule has 0 radical (unpaired) electrons. The summed E-state index contributed by atoms with van der Waals surface area (Å²) in [6.45, 7) is -0.172. The van der Waals surface area contributed by atoms with Gasteiger partial charge in [-0.3, -0.25) is 8.61 Å². The highest BCUT2D eigenvalue weighted by molar-refractivity contribution is 9.10. The van der Waals surface area contributed by atoms with Gasteiger partial charge in [-0.1, -0.05) is 15.9 Å². The summed E-state index contributed by atoms with van der Waals surface area (Å²) in [4.78, 5) is 0. The van der Waals surface area contributed by atoms with Crippen molar-refractivity contribution >= 4 is 37.5 Å². The number of rotatable bonds is 2. The first-order valence-corrected chi connectivity index (χ1v) is 7.86. The molecule has 1 unspecified atom stereocenters. The van der Waals surface area contributed by atoms with Gasteiger partial charge in [0.2, 0.25) is 0 Å². The number of anilines is 2. The van der Waals surface area contributed by atoms with E-state index in [2.05, 4.69) is 15.9 Å². The normalized spacial score (nSPS) is 26.4. The van der Waals surface area contributed by atoms with Crippen LogP contribution in [0.2, 0.25) is 0 Å². The number of alkyl halides is 2. The van der Waals surface area contributed by atoms with Crippen molar-refractivity contribution in [2.75, 3.05) is 22.2 Å². The fourth-order valence-corrected chi connectivity index (χ4v) is 4.03. The lowest BCUT2D eigenvalue weighted by atomic mass is 10.2. The van der Waals surface area contributed by atoms with Gasteiger partial charge in [0.15, 0.2) is 0 Å². The van der Waals surface area contributed by atoms with E-state index < -0.39 is 22.0 Å². The first-order valence-electron chi connectivity index (χ1n) is 5.67. The molecule has 1 fully saturated rings. The van der Waals surface area contributed by atoms with Gasteiger partial charge in [0.25, 0.3) is 5.92 Å². The van der Waals surface area contributed by atoms with Crippen LogP contribution in [0.15, 0.2) is 22.7 Å². The lowest BCUT2D eigenvalue weighted by Gasteiger charge is -2.18. The van der Waals surface area contributed by atoms with E-state index >= 15 is 0 Å². The van der Waals surface area contributed by atoms with Crippen molar-refractivity contribution in [1.29, 1.82) is 0 Å². The molecule has 1 aromatic rings. The third-order valence-electron chi connectivity index (χ3n) is 3.51. The molecule has 19 heavy (non-hydrogen) atoms. The van der Waals surface area contributed by atoms with Gasteiger partial charge < -0.3 is 0 Å². The van der Waals surface area contributed by atoms with Crippen molar-refractivity contribution in [3.63, 3.8) is 0 Å². The maximum atomic E-state index is 13.0. The Labute approximate surface area is 118 Å². The largest absolute Gasteiger partial charge is 0.326 e. The van der Waals surface area contributed by atoms with Crippen molar-refractivity contribution in [2.24, 2.45) is 5.92 Å². The summed E-state index contributed by atoms with van der Waals surface area (Å²) in [5, 5.41) is 0. The molecule has 8 heteroatoms. The minimum Gasteiger partial charge on any atom is -0.254 e. The Bertz CT molecular complexity index is 650. The van der Waals surface area contributed by atoms with Crippen LogP contribution in [0.5, 0.6) is 0 Å². The monoisotopic (exact) mass is 352 g/mol. The lowest BCUT2D eigenvalue weighted by molar-refractivity contribution is 0.101. The smallest absolute Gasteiger partial charge is 0.254 e. The van der Waals surface area contributed by atoms with Gasteiger partial charge in [-0.15, -0.1) is 0 Å². The molecule has 0 N–H and O–H groups in total. The van der Waals surface area contributed by atoms with Crippen LogP contribution in [0.4, 0.5) is 20.2 Å². The first kappa shape index (κ1) is 13.1. The van der Waals surface area contributed by atoms with Gasteiger partial charge in [0.1, 0.15) is 0 Å². The Morgan fingerprint density at radius 3 is 2.63 bits per heavy atom. The van der Waals surface area contributed by atoms with Crippen LogP contribution in [0.3, 0.4) is 0 Å². The van der Waals surface area contributed by atoms with Crippen molar-refractivity contribution in [1.82, 2.24) is 0 Å². The molecule has 0 amide bonds. The molecule has 1 aliphatic heterocycles. The maximum Gasteiger partial charge on any atom is 0.326 e. The van der Waals surface area contributed by atoms with Crippen LogP contribution in [0.25, 0.3) is 0 Å². The van der Waals surface area contributed by atoms with Gasteiger partial charge in [-0.05, 0) is 18.2 Å². The Kier molecular flexibility index (Phi) is 2.63. The molecule has 104 valence electrons. The summed E-state index contributed by atoms with van der Waals surface area (Å²) in [5.41, 5.74) is 0.951. The molecule has 0 saturated heterocycles. The summed E-state index contributed by atoms with van der Waals surface area (Å²) in [6, 6.07) is 4.99. The van der Waals surface area contributed by atoms with E-state index in [4.69, 9.17) is 0 Å². The van der Waals surface area contributed by atoms with Crippen LogP contribution < -0.4 is 8.61 Å². The van der Waals surface area contributed by atoms with Crippen LogP contribution in [0.1, 0.15) is 6.42 Å². The summed E-state index contributed by atoms with van der Waals surface area (Å²) in [5.74, 6) is -3.61. The second-order valence-electron chi connectivity index (χ2n) is 4.80. The fourth-order valence-electron chi connectivity index (χ4n) is 2.22. The highest BCUT2D eigenvalue weighted by Gasteiger charge is 2.59. The molecule has 0 spiro atoms. The summed E-state index contributed by atoms with van der Waals surface area (Å²) in [7, 11) is -2.31. The average molecular weight is 353 g/mol. The molecule has 3 rings (SSSR count). The molecule has 1 atom stereocenters. The number of benzene rings is 1. The second kappa shape index (κ2) is 3.82. The molecule has 1 heterocycles. The standard InChI is InChI=1S/C11H11BrF2N2O2S/c1-15-10-4-8(12)2-3-9(10)16(19(15,17)18)6-7-5-11(7,13)14/h2-4,7H,5-6H2,1H3. The van der Waals surface area contributed by atoms with Crippen molar-refractivity contribution in [2.45, 2.75) is 12.3 Å². The number of nitrogens with zero attached hydrogens (tertiary/aromatic N) is 2. The van der Waals surface area contributed by atoms with Crippen LogP contribution in [0, 0.1) is 5.92 Å². The molecule has 4 nitrogen and oxygen atoms in total. The quantitative estimate of drug-likeness (QED) is 0.820. The van der Waals surface area contributed by atoms with Crippen LogP contribution in [-0.4, -0.2) is 27.9 Å². The van der Waals surface area contributed by atoms with E-state index in [1.807, 2.05) is 0 Å². The topological polar surface area (TPSA) is 40.6 Å². The predicted molar refractivity (Wildman–Crippen MR) is 71.9 cm³/mol. The molecule has 0 aromatic heterocycles. The van der Waals surface area contributed by atoms with Gasteiger partial charge in [-0.25, -0.2) is 8.78 Å². The average Bonchev–Trinajstić information content (AvgIpc) is 2.87. The lowest BCUT2D eigenvalue weighted by Crippen LogP contribution is -2.37. The first-order chi connectivity index (χ1) is 8.73. The third kappa shape index (κ3) is 1.92. The van der Waals surface area contributed by atoms with E-state index in [0.29, 0.717) is 11.4 Å². The number of hydrogen-bond acceptors (Lipinski definition) is 2. The SMILES string of the molecule is CN1c2cc(Br)ccc2N(CC2CC2(F)F)S1(=O)=O. The molecule has 0 bridgehead atoms. The van der Waals surface area contributed by atoms with E-state index in [0.717, 1.165) is 13.1 Å². The van der Waals surface area contributed by atoms with E-state index in [1.54, 1.807) is 18.2 Å². The Hall–Kier alpha value is -0.890. The molecule has 1 saturated carbocycles. The highest BCUT2D eigenvalue weighted by atomic mass is 79.9. The van der Waals surface area contributed by atoms with Crippen molar-refractivity contribution in [3.8, 4) is 0 Å². The minimum absolute atomic E-state index is 0.172. The van der Waals surface area contributed by atoms with Gasteiger partial charge >= 0.3 is 10.2 Å². The second-order valence-corrected chi connectivity index (χ2v) is 7.60. The number of fused-ring (bicyclic) bond motifs is 1. The van der Waals surface area contributed by atoms with Crippen molar-refractivity contribution in [3.05, 3.63) is 22.7 Å². The predicted octanol–water partition coefficient (Wildman–Crippen LogP) is 2.61. The summed E-state index contributed by atoms with van der Waals surface area (Å²) >= 11 is 3.27. The minimum atomic E-state index is -3.73. The summed E-state index contributed by atoms with van der Waals surface area (Å²) < 4.78 is 53.4. The molecular weight excluding hydrogens is 342 g/mol. The zero-order chi connectivity index (χ0) is 14.0. The van der Waals surface area contributed by atoms with Crippen molar-refractivity contribution < 1.29 is 17.2 Å². The summed E-state index contributed by atoms with van der Waals surface area (Å²) in [6.07, 6.45) is -0.241. The third-order valence-corrected chi connectivity index (χ3v) is 5.80. The van der Waals surface area contributed by atoms with Gasteiger partial charge in [-0.2, -0.15) is 8.42 Å². The fraction of sp³-hybridized carbons (Fsp3) is 0.455. The van der Waals surface area contributed by atoms with Crippen LogP contribution in [-0.2, 0) is 10.2 Å². The maximum absolute atomic E-state index is 13.0. The van der Waals surface area contributed by atoms with Gasteiger partial charge in [0.05, 0.1) is 11.4 Å². The Balaban J connectivity index is 2.00. The Morgan fingerprint density at radius 1 is 1.42 bits per heavy atom. The zero-order valence-electron chi connectivity index (χ0n) is 9.98. The van der Waals surface area contributed by atoms with Crippen LogP contribution >= 0.6 is 15.9 Å². The number of halogens is 3. The van der Waals surface area contributed by atoms with E-state index in [1.165, 1.54) is 7.05 Å². The molecular formula is C11H11BrF2N2O2S. The van der Waals surface area contributed by atoms with E-state index in [9.17, 15) is 17.2 Å². The Morgan fingerprint density at radius 2 is 2.05 bits per heavy atom. The van der Waals surface area contributed by atoms with Gasteiger partial charge in [0, 0.05) is 30.4 Å². The molecule has 2 aliphatic rings. The van der Waals surface area contributed by atoms with E-state index in [-0.39, 0.29) is 13.0 Å². The zero-order valence-corrected chi connectivity index (χ0v) is 12.4. The highest BCUT2D eigenvalue weighted by Crippen LogP contribution is 2.51.